The highest BCUT2D eigenvalue weighted by atomic mass is 79.9. The molecular weight excluding hydrogens is 288 g/mol. The Morgan fingerprint density at radius 3 is 3.00 bits per heavy atom. The Kier molecular flexibility index (Phi) is 5.93. The van der Waals surface area contributed by atoms with Gasteiger partial charge in [0.2, 0.25) is 0 Å². The van der Waals surface area contributed by atoms with Crippen LogP contribution in [0, 0.1) is 0 Å². The van der Waals surface area contributed by atoms with E-state index < -0.39 is 0 Å². The summed E-state index contributed by atoms with van der Waals surface area (Å²) in [4.78, 5) is 15.8. The maximum atomic E-state index is 11.9. The number of nitrogens with one attached hydrogen (secondary N) is 1. The van der Waals surface area contributed by atoms with Crippen molar-refractivity contribution in [3.8, 4) is 5.75 Å². The van der Waals surface area contributed by atoms with Gasteiger partial charge in [0, 0.05) is 19.9 Å². The second-order valence-electron chi connectivity index (χ2n) is 3.34. The van der Waals surface area contributed by atoms with Crippen LogP contribution in [0.15, 0.2) is 18.5 Å². The molecule has 0 saturated carbocycles. The predicted octanol–water partition coefficient (Wildman–Crippen LogP) is 1.23. The van der Waals surface area contributed by atoms with E-state index in [1.165, 1.54) is 13.3 Å². The van der Waals surface area contributed by atoms with E-state index in [-0.39, 0.29) is 10.7 Å². The van der Waals surface area contributed by atoms with E-state index in [9.17, 15) is 4.79 Å². The van der Waals surface area contributed by atoms with Crippen LogP contribution in [-0.2, 0) is 4.74 Å². The van der Waals surface area contributed by atoms with Crippen molar-refractivity contribution in [2.45, 2.75) is 4.83 Å². The summed E-state index contributed by atoms with van der Waals surface area (Å²) >= 11 is 3.39. The average Bonchev–Trinajstić information content (AvgIpc) is 2.36. The summed E-state index contributed by atoms with van der Waals surface area (Å²) < 4.78 is 10.0. The number of aromatic nitrogens is 1. The van der Waals surface area contributed by atoms with Crippen molar-refractivity contribution >= 4 is 21.8 Å². The second kappa shape index (κ2) is 7.24. The highest BCUT2D eigenvalue weighted by molar-refractivity contribution is 9.09. The first-order chi connectivity index (χ1) is 8.19. The Labute approximate surface area is 109 Å². The molecule has 0 aliphatic heterocycles. The summed E-state index contributed by atoms with van der Waals surface area (Å²) in [6, 6.07) is 1.62. The third-order valence-electron chi connectivity index (χ3n) is 2.08. The van der Waals surface area contributed by atoms with Gasteiger partial charge in [0.05, 0.1) is 30.3 Å². The zero-order chi connectivity index (χ0) is 12.7. The lowest BCUT2D eigenvalue weighted by molar-refractivity contribution is 0.0947. The molecule has 6 heteroatoms. The van der Waals surface area contributed by atoms with Gasteiger partial charge in [-0.3, -0.25) is 9.78 Å². The molecule has 1 aromatic rings. The van der Waals surface area contributed by atoms with Gasteiger partial charge in [-0.25, -0.2) is 0 Å². The van der Waals surface area contributed by atoms with Crippen molar-refractivity contribution in [1.29, 1.82) is 0 Å². The Morgan fingerprint density at radius 2 is 2.35 bits per heavy atom. The number of nitrogens with zero attached hydrogens (tertiary/aromatic N) is 1. The Bertz CT molecular complexity index is 373. The highest BCUT2D eigenvalue weighted by Crippen LogP contribution is 2.15. The minimum absolute atomic E-state index is 0.0873. The number of alkyl halides is 1. The van der Waals surface area contributed by atoms with Gasteiger partial charge in [0.25, 0.3) is 5.91 Å². The van der Waals surface area contributed by atoms with E-state index in [0.29, 0.717) is 24.5 Å². The lowest BCUT2D eigenvalue weighted by Gasteiger charge is -2.11. The van der Waals surface area contributed by atoms with Crippen molar-refractivity contribution in [1.82, 2.24) is 10.3 Å². The minimum atomic E-state index is -0.190. The topological polar surface area (TPSA) is 60.5 Å². The quantitative estimate of drug-likeness (QED) is 0.803. The molecule has 0 spiro atoms. The van der Waals surface area contributed by atoms with Gasteiger partial charge in [-0.1, -0.05) is 15.9 Å². The molecule has 1 N–H and O–H groups in total. The molecule has 5 nitrogen and oxygen atoms in total. The lowest BCUT2D eigenvalue weighted by Crippen LogP contribution is -2.31. The van der Waals surface area contributed by atoms with Crippen LogP contribution >= 0.6 is 15.9 Å². The van der Waals surface area contributed by atoms with Crippen molar-refractivity contribution in [2.75, 3.05) is 27.4 Å². The lowest BCUT2D eigenvalue weighted by atomic mass is 10.2. The first-order valence-corrected chi connectivity index (χ1v) is 5.99. The van der Waals surface area contributed by atoms with E-state index in [1.54, 1.807) is 19.4 Å². The van der Waals surface area contributed by atoms with E-state index >= 15 is 0 Å². The van der Waals surface area contributed by atoms with E-state index in [2.05, 4.69) is 26.2 Å². The molecule has 1 aromatic heterocycles. The number of hydrogen-bond donors (Lipinski definition) is 1. The number of pyridine rings is 1. The van der Waals surface area contributed by atoms with E-state index in [0.717, 1.165) is 0 Å². The van der Waals surface area contributed by atoms with Crippen LogP contribution in [0.5, 0.6) is 5.75 Å². The van der Waals surface area contributed by atoms with Crippen molar-refractivity contribution < 1.29 is 14.3 Å². The molecule has 0 fully saturated rings. The zero-order valence-corrected chi connectivity index (χ0v) is 11.4. The van der Waals surface area contributed by atoms with Gasteiger partial charge in [0.15, 0.2) is 0 Å². The molecule has 1 unspecified atom stereocenters. The highest BCUT2D eigenvalue weighted by Gasteiger charge is 2.13. The summed E-state index contributed by atoms with van der Waals surface area (Å²) in [5.74, 6) is 0.271. The summed E-state index contributed by atoms with van der Waals surface area (Å²) in [5.41, 5.74) is 0.472. The Morgan fingerprint density at radius 1 is 1.59 bits per heavy atom. The van der Waals surface area contributed by atoms with Gasteiger partial charge < -0.3 is 14.8 Å². The van der Waals surface area contributed by atoms with Crippen molar-refractivity contribution in [2.24, 2.45) is 0 Å². The summed E-state index contributed by atoms with van der Waals surface area (Å²) in [6.45, 7) is 1.02. The number of hydrogen-bond acceptors (Lipinski definition) is 4. The standard InChI is InChI=1S/C11H15BrN2O3/c1-16-7-8(12)5-14-11(15)9-3-4-13-6-10(9)17-2/h3-4,6,8H,5,7H2,1-2H3,(H,14,15). The molecule has 0 saturated heterocycles. The van der Waals surface area contributed by atoms with Crippen molar-refractivity contribution in [3.63, 3.8) is 0 Å². The fourth-order valence-electron chi connectivity index (χ4n) is 1.27. The molecule has 1 heterocycles. The van der Waals surface area contributed by atoms with E-state index in [4.69, 9.17) is 9.47 Å². The summed E-state index contributed by atoms with van der Waals surface area (Å²) in [5, 5.41) is 2.78. The Hall–Kier alpha value is -1.14. The largest absolute Gasteiger partial charge is 0.494 e. The molecule has 0 aliphatic carbocycles. The van der Waals surface area contributed by atoms with Crippen LogP contribution in [-0.4, -0.2) is 43.1 Å². The molecule has 1 atom stereocenters. The monoisotopic (exact) mass is 302 g/mol. The number of ether oxygens (including phenoxy) is 2. The molecule has 1 amide bonds. The third-order valence-corrected chi connectivity index (χ3v) is 2.67. The van der Waals surface area contributed by atoms with Gasteiger partial charge >= 0.3 is 0 Å². The number of rotatable bonds is 6. The smallest absolute Gasteiger partial charge is 0.255 e. The molecule has 0 bridgehead atoms. The number of methoxy groups -OCH3 is 2. The molecule has 17 heavy (non-hydrogen) atoms. The molecule has 0 radical (unpaired) electrons. The Balaban J connectivity index is 2.58. The van der Waals surface area contributed by atoms with Crippen LogP contribution in [0.4, 0.5) is 0 Å². The number of carbonyl (C=O) groups is 1. The van der Waals surface area contributed by atoms with Crippen LogP contribution in [0.1, 0.15) is 10.4 Å². The van der Waals surface area contributed by atoms with Crippen LogP contribution in [0.2, 0.25) is 0 Å². The van der Waals surface area contributed by atoms with Gasteiger partial charge in [-0.15, -0.1) is 0 Å². The number of amides is 1. The SMILES string of the molecule is COCC(Br)CNC(=O)c1ccncc1OC. The van der Waals surface area contributed by atoms with Crippen LogP contribution in [0.25, 0.3) is 0 Å². The zero-order valence-electron chi connectivity index (χ0n) is 9.77. The maximum absolute atomic E-state index is 11.9. The third kappa shape index (κ3) is 4.32. The van der Waals surface area contributed by atoms with Crippen LogP contribution in [0.3, 0.4) is 0 Å². The minimum Gasteiger partial charge on any atom is -0.494 e. The number of halogens is 1. The first kappa shape index (κ1) is 13.9. The summed E-state index contributed by atoms with van der Waals surface area (Å²) in [6.07, 6.45) is 3.06. The molecule has 0 aliphatic rings. The number of carbonyl (C=O) groups excluding carboxylic acids is 1. The molecular formula is C11H15BrN2O3. The first-order valence-electron chi connectivity index (χ1n) is 5.08. The fourth-order valence-corrected chi connectivity index (χ4v) is 1.69. The fraction of sp³-hybridized carbons (Fsp3) is 0.455. The normalized spacial score (nSPS) is 11.9. The average molecular weight is 303 g/mol. The van der Waals surface area contributed by atoms with Gasteiger partial charge in [-0.05, 0) is 6.07 Å². The predicted molar refractivity (Wildman–Crippen MR) is 67.7 cm³/mol. The molecule has 1 rings (SSSR count). The van der Waals surface area contributed by atoms with Crippen molar-refractivity contribution in [3.05, 3.63) is 24.0 Å². The van der Waals surface area contributed by atoms with Gasteiger partial charge in [-0.2, -0.15) is 0 Å². The molecule has 0 aromatic carbocycles. The van der Waals surface area contributed by atoms with Crippen LogP contribution < -0.4 is 10.1 Å². The van der Waals surface area contributed by atoms with E-state index in [1.807, 2.05) is 0 Å². The van der Waals surface area contributed by atoms with Gasteiger partial charge in [0.1, 0.15) is 5.75 Å². The summed E-state index contributed by atoms with van der Waals surface area (Å²) in [7, 11) is 3.12. The maximum Gasteiger partial charge on any atom is 0.255 e. The molecule has 94 valence electrons. The second-order valence-corrected chi connectivity index (χ2v) is 4.63.